The molecule has 0 aliphatic rings. The molecule has 3 heterocycles. The molecule has 0 saturated carbocycles. The zero-order valence-corrected chi connectivity index (χ0v) is 18.5. The van der Waals surface area contributed by atoms with Crippen LogP contribution in [0.1, 0.15) is 5.56 Å². The summed E-state index contributed by atoms with van der Waals surface area (Å²) in [5, 5.41) is 11.5. The first-order chi connectivity index (χ1) is 13.0. The van der Waals surface area contributed by atoms with Gasteiger partial charge in [-0.15, -0.1) is 0 Å². The van der Waals surface area contributed by atoms with Crippen LogP contribution in [-0.2, 0) is 13.0 Å². The lowest BCUT2D eigenvalue weighted by Gasteiger charge is -2.07. The molecule has 0 saturated heterocycles. The van der Waals surface area contributed by atoms with E-state index in [9.17, 15) is 0 Å². The van der Waals surface area contributed by atoms with Crippen LogP contribution < -0.4 is 5.73 Å². The highest BCUT2D eigenvalue weighted by atomic mass is 79.9. The van der Waals surface area contributed by atoms with Gasteiger partial charge in [-0.25, -0.2) is 4.98 Å². The maximum atomic E-state index is 6.07. The Morgan fingerprint density at radius 3 is 2.74 bits per heavy atom. The molecular weight excluding hydrogens is 544 g/mol. The molecule has 0 fully saturated rings. The Kier molecular flexibility index (Phi) is 5.20. The second kappa shape index (κ2) is 7.61. The second-order valence-corrected chi connectivity index (χ2v) is 8.35. The number of aryl methyl sites for hydroxylation is 2. The standard InChI is InChI=1S/C17H13Br3N6O/c18-11-7-13(20)12(19)6-9(11)3-4-26-8-10(15(21)25-26)16-22-17(24-23-16)14-2-1-5-27-14/h1-2,5-8H,3-4H2,(H2,21,25)(H,22,23,24). The van der Waals surface area contributed by atoms with Crippen molar-refractivity contribution in [2.45, 2.75) is 13.0 Å². The Morgan fingerprint density at radius 1 is 1.15 bits per heavy atom. The van der Waals surface area contributed by atoms with E-state index in [0.717, 1.165) is 19.8 Å². The molecule has 0 aliphatic carbocycles. The van der Waals surface area contributed by atoms with Crippen molar-refractivity contribution in [3.8, 4) is 23.0 Å². The van der Waals surface area contributed by atoms with E-state index in [4.69, 9.17) is 10.2 Å². The van der Waals surface area contributed by atoms with Gasteiger partial charge in [-0.3, -0.25) is 9.78 Å². The molecule has 27 heavy (non-hydrogen) atoms. The average molecular weight is 557 g/mol. The van der Waals surface area contributed by atoms with Crippen LogP contribution in [0.3, 0.4) is 0 Å². The summed E-state index contributed by atoms with van der Waals surface area (Å²) in [4.78, 5) is 4.44. The van der Waals surface area contributed by atoms with Crippen molar-refractivity contribution in [1.29, 1.82) is 0 Å². The average Bonchev–Trinajstić information content (AvgIpc) is 3.36. The number of rotatable bonds is 5. The molecule has 0 amide bonds. The fourth-order valence-electron chi connectivity index (χ4n) is 2.62. The van der Waals surface area contributed by atoms with E-state index in [-0.39, 0.29) is 0 Å². The number of hydrogen-bond donors (Lipinski definition) is 2. The number of aromatic nitrogens is 5. The minimum Gasteiger partial charge on any atom is -0.461 e. The Morgan fingerprint density at radius 2 is 1.96 bits per heavy atom. The van der Waals surface area contributed by atoms with Crippen LogP contribution in [-0.4, -0.2) is 25.0 Å². The maximum Gasteiger partial charge on any atom is 0.192 e. The summed E-state index contributed by atoms with van der Waals surface area (Å²) in [5.41, 5.74) is 7.92. The Balaban J connectivity index is 1.53. The Labute approximate surface area is 179 Å². The molecule has 10 heteroatoms. The van der Waals surface area contributed by atoms with Crippen LogP contribution in [0.15, 0.2) is 54.6 Å². The fourth-order valence-corrected chi connectivity index (χ4v) is 4.20. The number of nitrogens with one attached hydrogen (secondary N) is 1. The molecule has 0 unspecified atom stereocenters. The van der Waals surface area contributed by atoms with Gasteiger partial charge in [0, 0.05) is 26.2 Å². The number of H-pyrrole nitrogens is 1. The van der Waals surface area contributed by atoms with Gasteiger partial charge in [0.1, 0.15) is 0 Å². The van der Waals surface area contributed by atoms with Crippen LogP contribution in [0.5, 0.6) is 0 Å². The highest BCUT2D eigenvalue weighted by Crippen LogP contribution is 2.30. The molecule has 138 valence electrons. The number of furan rings is 1. The third kappa shape index (κ3) is 3.87. The van der Waals surface area contributed by atoms with Gasteiger partial charge in [0.2, 0.25) is 0 Å². The largest absolute Gasteiger partial charge is 0.461 e. The highest BCUT2D eigenvalue weighted by Gasteiger charge is 2.15. The third-order valence-electron chi connectivity index (χ3n) is 3.97. The second-order valence-electron chi connectivity index (χ2n) is 5.78. The van der Waals surface area contributed by atoms with Gasteiger partial charge < -0.3 is 10.2 Å². The van der Waals surface area contributed by atoms with E-state index in [1.807, 2.05) is 18.3 Å². The number of halogens is 3. The van der Waals surface area contributed by atoms with Gasteiger partial charge in [0.25, 0.3) is 0 Å². The molecule has 4 rings (SSSR count). The molecule has 0 spiro atoms. The van der Waals surface area contributed by atoms with Gasteiger partial charge in [-0.05, 0) is 68.1 Å². The summed E-state index contributed by atoms with van der Waals surface area (Å²) in [6.45, 7) is 0.673. The molecular formula is C17H13Br3N6O. The summed E-state index contributed by atoms with van der Waals surface area (Å²) in [5.74, 6) is 2.03. The smallest absolute Gasteiger partial charge is 0.192 e. The molecule has 7 nitrogen and oxygen atoms in total. The van der Waals surface area contributed by atoms with E-state index in [2.05, 4.69) is 74.1 Å². The lowest BCUT2D eigenvalue weighted by atomic mass is 10.1. The first-order valence-corrected chi connectivity index (χ1v) is 10.3. The number of hydrogen-bond acceptors (Lipinski definition) is 5. The minimum absolute atomic E-state index is 0.385. The number of benzene rings is 1. The molecule has 3 aromatic heterocycles. The zero-order chi connectivity index (χ0) is 19.0. The number of nitrogens with two attached hydrogens (primary N) is 1. The van der Waals surface area contributed by atoms with E-state index < -0.39 is 0 Å². The maximum absolute atomic E-state index is 6.07. The van der Waals surface area contributed by atoms with E-state index in [0.29, 0.717) is 35.3 Å². The summed E-state index contributed by atoms with van der Waals surface area (Å²) in [7, 11) is 0. The van der Waals surface area contributed by atoms with Crippen molar-refractivity contribution >= 4 is 53.6 Å². The van der Waals surface area contributed by atoms with Crippen molar-refractivity contribution in [2.24, 2.45) is 0 Å². The van der Waals surface area contributed by atoms with Crippen LogP contribution in [0, 0.1) is 0 Å². The molecule has 0 radical (unpaired) electrons. The molecule has 1 aromatic carbocycles. The van der Waals surface area contributed by atoms with Crippen molar-refractivity contribution < 1.29 is 4.42 Å². The Bertz CT molecular complexity index is 1090. The first-order valence-electron chi connectivity index (χ1n) is 7.94. The van der Waals surface area contributed by atoms with Crippen molar-refractivity contribution in [3.63, 3.8) is 0 Å². The normalized spacial score (nSPS) is 11.2. The number of anilines is 1. The van der Waals surface area contributed by atoms with Crippen LogP contribution in [0.25, 0.3) is 23.0 Å². The molecule has 0 bridgehead atoms. The molecule has 3 N–H and O–H groups in total. The predicted octanol–water partition coefficient (Wildman–Crippen LogP) is 5.04. The van der Waals surface area contributed by atoms with Crippen LogP contribution >= 0.6 is 47.8 Å². The fraction of sp³-hybridized carbons (Fsp3) is 0.118. The number of nitrogen functional groups attached to an aromatic ring is 1. The third-order valence-corrected chi connectivity index (χ3v) is 6.55. The number of nitrogens with zero attached hydrogens (tertiary/aromatic N) is 4. The zero-order valence-electron chi connectivity index (χ0n) is 13.8. The minimum atomic E-state index is 0.385. The summed E-state index contributed by atoms with van der Waals surface area (Å²) in [6, 6.07) is 7.70. The van der Waals surface area contributed by atoms with Crippen LogP contribution in [0.4, 0.5) is 5.82 Å². The summed E-state index contributed by atoms with van der Waals surface area (Å²) >= 11 is 10.6. The quantitative estimate of drug-likeness (QED) is 0.336. The first kappa shape index (κ1) is 18.5. The van der Waals surface area contributed by atoms with Crippen molar-refractivity contribution in [1.82, 2.24) is 25.0 Å². The van der Waals surface area contributed by atoms with Gasteiger partial charge in [0.15, 0.2) is 23.2 Å². The predicted molar refractivity (Wildman–Crippen MR) is 113 cm³/mol. The monoisotopic (exact) mass is 554 g/mol. The molecule has 4 aromatic rings. The topological polar surface area (TPSA) is 98.5 Å². The summed E-state index contributed by atoms with van der Waals surface area (Å²) < 4.78 is 10.2. The van der Waals surface area contributed by atoms with Gasteiger partial charge in [-0.1, -0.05) is 15.9 Å². The van der Waals surface area contributed by atoms with E-state index >= 15 is 0 Å². The van der Waals surface area contributed by atoms with Gasteiger partial charge >= 0.3 is 0 Å². The molecule has 0 aliphatic heterocycles. The highest BCUT2D eigenvalue weighted by molar-refractivity contribution is 9.13. The van der Waals surface area contributed by atoms with Crippen molar-refractivity contribution in [3.05, 3.63) is 55.7 Å². The summed E-state index contributed by atoms with van der Waals surface area (Å²) in [6.07, 6.45) is 4.23. The van der Waals surface area contributed by atoms with E-state index in [1.165, 1.54) is 5.56 Å². The number of aromatic amines is 1. The van der Waals surface area contributed by atoms with Crippen LogP contribution in [0.2, 0.25) is 0 Å². The van der Waals surface area contributed by atoms with Gasteiger partial charge in [-0.2, -0.15) is 10.2 Å². The Hall–Kier alpha value is -1.91. The van der Waals surface area contributed by atoms with Crippen molar-refractivity contribution in [2.75, 3.05) is 5.73 Å². The SMILES string of the molecule is Nc1nn(CCc2cc(Br)c(Br)cc2Br)cc1-c1n[nH]c(-c2ccco2)n1. The lowest BCUT2D eigenvalue weighted by molar-refractivity contribution is 0.577. The van der Waals surface area contributed by atoms with E-state index in [1.54, 1.807) is 17.0 Å². The molecule has 0 atom stereocenters. The van der Waals surface area contributed by atoms with Gasteiger partial charge in [0.05, 0.1) is 11.8 Å². The lowest BCUT2D eigenvalue weighted by Crippen LogP contribution is -2.03.